The van der Waals surface area contributed by atoms with Crippen LogP contribution in [0.3, 0.4) is 0 Å². The van der Waals surface area contributed by atoms with Gasteiger partial charge < -0.3 is 5.32 Å². The zero-order valence-corrected chi connectivity index (χ0v) is 18.2. The summed E-state index contributed by atoms with van der Waals surface area (Å²) in [4.78, 5) is 41.4. The highest BCUT2D eigenvalue weighted by Crippen LogP contribution is 2.25. The van der Waals surface area contributed by atoms with Crippen LogP contribution in [-0.2, 0) is 9.59 Å². The summed E-state index contributed by atoms with van der Waals surface area (Å²) in [5, 5.41) is 3.77. The van der Waals surface area contributed by atoms with Gasteiger partial charge in [-0.15, -0.1) is 0 Å². The summed E-state index contributed by atoms with van der Waals surface area (Å²) < 4.78 is 0. The van der Waals surface area contributed by atoms with Crippen LogP contribution >= 0.6 is 11.6 Å². The molecule has 3 aromatic rings. The number of hydrogen-bond donors (Lipinski definition) is 3. The Balaban J connectivity index is 1.78. The van der Waals surface area contributed by atoms with Gasteiger partial charge in [0.2, 0.25) is 5.91 Å². The topological polar surface area (TPSA) is 100 Å². The van der Waals surface area contributed by atoms with Crippen molar-refractivity contribution in [2.45, 2.75) is 20.8 Å². The molecule has 0 aliphatic heterocycles. The molecular formula is C23H23ClN4O3. The lowest BCUT2D eigenvalue weighted by atomic mass is 9.96. The average molecular weight is 439 g/mol. The minimum atomic E-state index is -0.614. The Morgan fingerprint density at radius 2 is 1.65 bits per heavy atom. The molecule has 31 heavy (non-hydrogen) atoms. The number of halogens is 1. The van der Waals surface area contributed by atoms with Crippen molar-refractivity contribution in [1.29, 1.82) is 0 Å². The number of carbonyl (C=O) groups is 3. The molecule has 0 fully saturated rings. The number of amides is 3. The first-order valence-corrected chi connectivity index (χ1v) is 10.1. The van der Waals surface area contributed by atoms with Crippen molar-refractivity contribution in [2.24, 2.45) is 5.41 Å². The highest BCUT2D eigenvalue weighted by molar-refractivity contribution is 6.30. The van der Waals surface area contributed by atoms with E-state index in [1.54, 1.807) is 45.0 Å². The number of aromatic nitrogens is 1. The van der Waals surface area contributed by atoms with Gasteiger partial charge in [0.05, 0.1) is 23.3 Å². The van der Waals surface area contributed by atoms with Crippen molar-refractivity contribution in [2.75, 3.05) is 6.54 Å². The van der Waals surface area contributed by atoms with Crippen molar-refractivity contribution >= 4 is 40.2 Å². The highest BCUT2D eigenvalue weighted by atomic mass is 35.5. The van der Waals surface area contributed by atoms with Gasteiger partial charge in [-0.3, -0.25) is 25.2 Å². The molecule has 7 nitrogen and oxygen atoms in total. The van der Waals surface area contributed by atoms with Crippen molar-refractivity contribution in [3.8, 4) is 11.3 Å². The highest BCUT2D eigenvalue weighted by Gasteiger charge is 2.21. The molecule has 1 aromatic heterocycles. The van der Waals surface area contributed by atoms with E-state index in [0.29, 0.717) is 27.2 Å². The second-order valence-electron chi connectivity index (χ2n) is 8.01. The van der Waals surface area contributed by atoms with Crippen LogP contribution in [0, 0.1) is 5.41 Å². The van der Waals surface area contributed by atoms with Crippen molar-refractivity contribution < 1.29 is 14.4 Å². The standard InChI is InChI=1S/C23H23ClN4O3/c1-23(2,3)22(31)25-13-20(29)27-28-21(30)17-12-19(14-8-10-15(24)11-9-14)26-18-7-5-4-6-16(17)18/h4-12H,13H2,1-3H3,(H,25,31)(H,27,29)(H,28,30). The smallest absolute Gasteiger partial charge is 0.270 e. The number of nitrogens with zero attached hydrogens (tertiary/aromatic N) is 1. The number of nitrogens with one attached hydrogen (secondary N) is 3. The average Bonchev–Trinajstić information content (AvgIpc) is 2.74. The third-order valence-corrected chi connectivity index (χ3v) is 4.76. The number of rotatable bonds is 4. The summed E-state index contributed by atoms with van der Waals surface area (Å²) in [5.74, 6) is -1.30. The molecule has 1 heterocycles. The van der Waals surface area contributed by atoms with Crippen LogP contribution in [0.15, 0.2) is 54.6 Å². The third kappa shape index (κ3) is 5.58. The number of fused-ring (bicyclic) bond motifs is 1. The first-order valence-electron chi connectivity index (χ1n) is 9.68. The Morgan fingerprint density at radius 1 is 0.968 bits per heavy atom. The van der Waals surface area contributed by atoms with Crippen molar-refractivity contribution in [3.05, 3.63) is 65.2 Å². The Kier molecular flexibility index (Phi) is 6.56. The van der Waals surface area contributed by atoms with E-state index in [1.807, 2.05) is 30.3 Å². The van der Waals surface area contributed by atoms with E-state index in [2.05, 4.69) is 21.2 Å². The van der Waals surface area contributed by atoms with Gasteiger partial charge in [-0.1, -0.05) is 62.7 Å². The summed E-state index contributed by atoms with van der Waals surface area (Å²) in [6.07, 6.45) is 0. The molecule has 0 unspecified atom stereocenters. The van der Waals surface area contributed by atoms with Gasteiger partial charge in [-0.05, 0) is 24.3 Å². The monoisotopic (exact) mass is 438 g/mol. The van der Waals surface area contributed by atoms with Crippen LogP contribution in [0.4, 0.5) is 0 Å². The van der Waals surface area contributed by atoms with Gasteiger partial charge in [-0.25, -0.2) is 4.98 Å². The summed E-state index contributed by atoms with van der Waals surface area (Å²) in [6.45, 7) is 4.99. The third-order valence-electron chi connectivity index (χ3n) is 4.51. The molecule has 3 amide bonds. The Hall–Kier alpha value is -3.45. The predicted molar refractivity (Wildman–Crippen MR) is 120 cm³/mol. The molecule has 0 radical (unpaired) electrons. The summed E-state index contributed by atoms with van der Waals surface area (Å²) in [5.41, 5.74) is 6.52. The maximum absolute atomic E-state index is 12.8. The summed E-state index contributed by atoms with van der Waals surface area (Å²) >= 11 is 5.97. The Bertz CT molecular complexity index is 1140. The van der Waals surface area contributed by atoms with Crippen LogP contribution in [0.5, 0.6) is 0 Å². The van der Waals surface area contributed by atoms with Crippen LogP contribution in [0.25, 0.3) is 22.2 Å². The number of pyridine rings is 1. The van der Waals surface area contributed by atoms with Gasteiger partial charge in [-0.2, -0.15) is 0 Å². The summed E-state index contributed by atoms with van der Waals surface area (Å²) in [6, 6.07) is 16.0. The minimum Gasteiger partial charge on any atom is -0.347 e. The van der Waals surface area contributed by atoms with E-state index in [-0.39, 0.29) is 12.5 Å². The molecule has 0 saturated heterocycles. The Labute approximate surface area is 185 Å². The minimum absolute atomic E-state index is 0.247. The second kappa shape index (κ2) is 9.14. The first-order chi connectivity index (χ1) is 14.6. The maximum Gasteiger partial charge on any atom is 0.270 e. The fraction of sp³-hybridized carbons (Fsp3) is 0.217. The molecule has 0 aliphatic rings. The quantitative estimate of drug-likeness (QED) is 0.543. The molecule has 0 spiro atoms. The zero-order chi connectivity index (χ0) is 22.6. The number of hydrazine groups is 1. The largest absolute Gasteiger partial charge is 0.347 e. The molecule has 0 saturated carbocycles. The van der Waals surface area contributed by atoms with Crippen LogP contribution in [0.2, 0.25) is 5.02 Å². The molecule has 3 N–H and O–H groups in total. The second-order valence-corrected chi connectivity index (χ2v) is 8.45. The van der Waals surface area contributed by atoms with Crippen LogP contribution in [-0.4, -0.2) is 29.3 Å². The molecule has 0 atom stereocenters. The van der Waals surface area contributed by atoms with Gasteiger partial charge >= 0.3 is 0 Å². The SMILES string of the molecule is CC(C)(C)C(=O)NCC(=O)NNC(=O)c1cc(-c2ccc(Cl)cc2)nc2ccccc12. The molecule has 2 aromatic carbocycles. The number of benzene rings is 2. The lowest BCUT2D eigenvalue weighted by Crippen LogP contribution is -2.47. The molecule has 0 aliphatic carbocycles. The zero-order valence-electron chi connectivity index (χ0n) is 17.5. The fourth-order valence-corrected chi connectivity index (χ4v) is 2.92. The van der Waals surface area contributed by atoms with E-state index in [9.17, 15) is 14.4 Å². The van der Waals surface area contributed by atoms with E-state index < -0.39 is 17.2 Å². The van der Waals surface area contributed by atoms with Crippen LogP contribution < -0.4 is 16.2 Å². The number of para-hydroxylation sites is 1. The number of hydrogen-bond acceptors (Lipinski definition) is 4. The maximum atomic E-state index is 12.8. The Morgan fingerprint density at radius 3 is 2.32 bits per heavy atom. The lowest BCUT2D eigenvalue weighted by molar-refractivity contribution is -0.131. The van der Waals surface area contributed by atoms with E-state index >= 15 is 0 Å². The lowest BCUT2D eigenvalue weighted by Gasteiger charge is -2.17. The van der Waals surface area contributed by atoms with E-state index in [0.717, 1.165) is 5.56 Å². The van der Waals surface area contributed by atoms with Gasteiger partial charge in [0.15, 0.2) is 0 Å². The van der Waals surface area contributed by atoms with Crippen LogP contribution in [0.1, 0.15) is 31.1 Å². The summed E-state index contributed by atoms with van der Waals surface area (Å²) in [7, 11) is 0. The molecule has 160 valence electrons. The normalized spacial score (nSPS) is 11.1. The molecule has 8 heteroatoms. The first kappa shape index (κ1) is 22.2. The fourth-order valence-electron chi connectivity index (χ4n) is 2.80. The van der Waals surface area contributed by atoms with Crippen molar-refractivity contribution in [1.82, 2.24) is 21.2 Å². The van der Waals surface area contributed by atoms with Gasteiger partial charge in [0.1, 0.15) is 0 Å². The van der Waals surface area contributed by atoms with Crippen molar-refractivity contribution in [3.63, 3.8) is 0 Å². The molecule has 3 rings (SSSR count). The molecular weight excluding hydrogens is 416 g/mol. The van der Waals surface area contributed by atoms with E-state index in [1.165, 1.54) is 0 Å². The van der Waals surface area contributed by atoms with Gasteiger partial charge in [0.25, 0.3) is 11.8 Å². The van der Waals surface area contributed by atoms with E-state index in [4.69, 9.17) is 11.6 Å². The predicted octanol–water partition coefficient (Wildman–Crippen LogP) is 3.48. The molecule has 0 bridgehead atoms. The number of carbonyl (C=O) groups excluding carboxylic acids is 3. The van der Waals surface area contributed by atoms with Gasteiger partial charge in [0, 0.05) is 21.4 Å².